The van der Waals surface area contributed by atoms with Gasteiger partial charge in [0.2, 0.25) is 0 Å². The molecule has 0 aliphatic carbocycles. The van der Waals surface area contributed by atoms with E-state index in [1.54, 1.807) is 20.8 Å². The third-order valence-corrected chi connectivity index (χ3v) is 2.11. The van der Waals surface area contributed by atoms with Crippen molar-refractivity contribution in [2.24, 2.45) is 0 Å². The topological polar surface area (TPSA) is 93.5 Å². The summed E-state index contributed by atoms with van der Waals surface area (Å²) >= 11 is 0. The highest BCUT2D eigenvalue weighted by molar-refractivity contribution is 5.97. The highest BCUT2D eigenvalue weighted by atomic mass is 16.6. The van der Waals surface area contributed by atoms with Crippen molar-refractivity contribution in [2.75, 3.05) is 5.32 Å². The lowest BCUT2D eigenvalue weighted by Gasteiger charge is -2.19. The van der Waals surface area contributed by atoms with Crippen molar-refractivity contribution < 1.29 is 19.4 Å². The molecule has 7 nitrogen and oxygen atoms in total. The largest absolute Gasteiger partial charge is 0.477 e. The van der Waals surface area contributed by atoms with Crippen LogP contribution in [0.2, 0.25) is 0 Å². The molecule has 0 fully saturated rings. The van der Waals surface area contributed by atoms with Crippen molar-refractivity contribution in [2.45, 2.75) is 46.3 Å². The number of nitrogens with zero attached hydrogens (tertiary/aromatic N) is 2. The zero-order valence-electron chi connectivity index (χ0n) is 11.7. The van der Waals surface area contributed by atoms with Crippen molar-refractivity contribution in [3.63, 3.8) is 0 Å². The van der Waals surface area contributed by atoms with Gasteiger partial charge in [-0.15, -0.1) is 0 Å². The smallest absolute Gasteiger partial charge is 0.413 e. The fourth-order valence-electron chi connectivity index (χ4n) is 1.31. The monoisotopic (exact) mass is 269 g/mol. The van der Waals surface area contributed by atoms with Gasteiger partial charge in [0.05, 0.1) is 0 Å². The molecule has 1 aromatic heterocycles. The summed E-state index contributed by atoms with van der Waals surface area (Å²) in [7, 11) is 0. The van der Waals surface area contributed by atoms with Gasteiger partial charge in [0, 0.05) is 12.2 Å². The zero-order chi connectivity index (χ0) is 14.8. The summed E-state index contributed by atoms with van der Waals surface area (Å²) in [6.07, 6.45) is 0.642. The normalized spacial score (nSPS) is 11.5. The number of amides is 1. The molecule has 0 bridgehead atoms. The molecule has 106 valence electrons. The maximum atomic E-state index is 11.6. The van der Waals surface area contributed by atoms with Crippen molar-refractivity contribution in [1.29, 1.82) is 0 Å². The Morgan fingerprint density at radius 1 is 1.42 bits per heavy atom. The van der Waals surface area contributed by atoms with E-state index < -0.39 is 17.7 Å². The number of carboxylic acid groups (broad SMARTS) is 1. The summed E-state index contributed by atoms with van der Waals surface area (Å²) in [4.78, 5) is 22.7. The summed E-state index contributed by atoms with van der Waals surface area (Å²) < 4.78 is 6.52. The molecule has 0 aromatic carbocycles. The minimum absolute atomic E-state index is 0.00714. The Kier molecular flexibility index (Phi) is 4.18. The number of carbonyl (C=O) groups excluding carboxylic acids is 1. The molecule has 0 spiro atoms. The first-order valence-corrected chi connectivity index (χ1v) is 5.92. The fraction of sp³-hybridized carbons (Fsp3) is 0.583. The molecular weight excluding hydrogens is 250 g/mol. The van der Waals surface area contributed by atoms with E-state index in [0.29, 0.717) is 0 Å². The SMILES string of the molecule is CC(C)n1cc(C(=O)O)c(NC(=O)OC(C)(C)C)n1. The Balaban J connectivity index is 2.93. The number of anilines is 1. The first-order valence-electron chi connectivity index (χ1n) is 5.92. The molecule has 1 heterocycles. The van der Waals surface area contributed by atoms with Crippen LogP contribution in [-0.4, -0.2) is 32.6 Å². The number of rotatable bonds is 3. The molecule has 2 N–H and O–H groups in total. The summed E-state index contributed by atoms with van der Waals surface area (Å²) in [5, 5.41) is 15.4. The summed E-state index contributed by atoms with van der Waals surface area (Å²) in [5.74, 6) is -1.17. The predicted molar refractivity (Wildman–Crippen MR) is 69.4 cm³/mol. The minimum Gasteiger partial charge on any atom is -0.477 e. The lowest BCUT2D eigenvalue weighted by molar-refractivity contribution is 0.0635. The van der Waals surface area contributed by atoms with Gasteiger partial charge in [-0.25, -0.2) is 9.59 Å². The van der Waals surface area contributed by atoms with Crippen molar-refractivity contribution >= 4 is 17.9 Å². The molecule has 1 amide bonds. The van der Waals surface area contributed by atoms with Crippen LogP contribution in [0.4, 0.5) is 10.6 Å². The van der Waals surface area contributed by atoms with Gasteiger partial charge in [0.25, 0.3) is 0 Å². The summed E-state index contributed by atoms with van der Waals surface area (Å²) in [5.41, 5.74) is -0.728. The highest BCUT2D eigenvalue weighted by Gasteiger charge is 2.22. The second-order valence-electron chi connectivity index (χ2n) is 5.40. The Labute approximate surface area is 111 Å². The van der Waals surface area contributed by atoms with Crippen molar-refractivity contribution in [1.82, 2.24) is 9.78 Å². The molecule has 0 atom stereocenters. The summed E-state index contributed by atoms with van der Waals surface area (Å²) in [6.45, 7) is 8.87. The highest BCUT2D eigenvalue weighted by Crippen LogP contribution is 2.17. The molecule has 7 heteroatoms. The molecule has 1 aromatic rings. The van der Waals surface area contributed by atoms with Crippen LogP contribution in [0, 0.1) is 0 Å². The van der Waals surface area contributed by atoms with Crippen LogP contribution < -0.4 is 5.32 Å². The zero-order valence-corrected chi connectivity index (χ0v) is 11.7. The second kappa shape index (κ2) is 5.29. The number of nitrogens with one attached hydrogen (secondary N) is 1. The lowest BCUT2D eigenvalue weighted by atomic mass is 10.2. The number of carbonyl (C=O) groups is 2. The van der Waals surface area contributed by atoms with Gasteiger partial charge < -0.3 is 9.84 Å². The van der Waals surface area contributed by atoms with E-state index in [4.69, 9.17) is 9.84 Å². The number of ether oxygens (including phenoxy) is 1. The van der Waals surface area contributed by atoms with Crippen LogP contribution in [0.15, 0.2) is 6.20 Å². The summed E-state index contributed by atoms with van der Waals surface area (Å²) in [6, 6.07) is -0.00714. The van der Waals surface area contributed by atoms with Crippen LogP contribution >= 0.6 is 0 Å². The van der Waals surface area contributed by atoms with E-state index in [0.717, 1.165) is 0 Å². The Morgan fingerprint density at radius 3 is 2.42 bits per heavy atom. The minimum atomic E-state index is -1.15. The third kappa shape index (κ3) is 4.27. The van der Waals surface area contributed by atoms with E-state index in [9.17, 15) is 9.59 Å². The van der Waals surface area contributed by atoms with Gasteiger partial charge in [0.15, 0.2) is 5.82 Å². The molecule has 0 saturated carbocycles. The maximum absolute atomic E-state index is 11.6. The van der Waals surface area contributed by atoms with Gasteiger partial charge in [0.1, 0.15) is 11.2 Å². The van der Waals surface area contributed by atoms with Crippen LogP contribution in [0.25, 0.3) is 0 Å². The molecule has 0 unspecified atom stereocenters. The molecule has 0 saturated heterocycles. The van der Waals surface area contributed by atoms with E-state index in [2.05, 4.69) is 10.4 Å². The van der Waals surface area contributed by atoms with Crippen molar-refractivity contribution in [3.05, 3.63) is 11.8 Å². The average molecular weight is 269 g/mol. The van der Waals surface area contributed by atoms with Crippen molar-refractivity contribution in [3.8, 4) is 0 Å². The lowest BCUT2D eigenvalue weighted by Crippen LogP contribution is -2.27. The van der Waals surface area contributed by atoms with Gasteiger partial charge in [-0.2, -0.15) is 5.10 Å². The first-order chi connectivity index (χ1) is 8.60. The second-order valence-corrected chi connectivity index (χ2v) is 5.40. The Bertz CT molecular complexity index is 486. The molecule has 0 aliphatic heterocycles. The number of aromatic carboxylic acids is 1. The van der Waals surface area contributed by atoms with Crippen LogP contribution in [0.3, 0.4) is 0 Å². The van der Waals surface area contributed by atoms with Gasteiger partial charge in [-0.1, -0.05) is 0 Å². The number of hydrogen-bond donors (Lipinski definition) is 2. The molecule has 19 heavy (non-hydrogen) atoms. The third-order valence-electron chi connectivity index (χ3n) is 2.11. The fourth-order valence-corrected chi connectivity index (χ4v) is 1.31. The molecule has 1 rings (SSSR count). The van der Waals surface area contributed by atoms with E-state index >= 15 is 0 Å². The van der Waals surface area contributed by atoms with E-state index in [1.165, 1.54) is 10.9 Å². The van der Waals surface area contributed by atoms with Crippen LogP contribution in [-0.2, 0) is 4.74 Å². The van der Waals surface area contributed by atoms with E-state index in [1.807, 2.05) is 13.8 Å². The molecule has 0 radical (unpaired) electrons. The molecular formula is C12H19N3O4. The van der Waals surface area contributed by atoms with Gasteiger partial charge in [-0.05, 0) is 34.6 Å². The predicted octanol–water partition coefficient (Wildman–Crippen LogP) is 2.51. The average Bonchev–Trinajstić information content (AvgIpc) is 2.58. The van der Waals surface area contributed by atoms with E-state index in [-0.39, 0.29) is 17.4 Å². The standard InChI is InChI=1S/C12H19N3O4/c1-7(2)15-6-8(10(16)17)9(14-15)13-11(18)19-12(3,4)5/h6-7H,1-5H3,(H,16,17)(H,13,14,18). The van der Waals surface area contributed by atoms with Gasteiger partial charge in [-0.3, -0.25) is 10.00 Å². The quantitative estimate of drug-likeness (QED) is 0.879. The maximum Gasteiger partial charge on any atom is 0.413 e. The van der Waals surface area contributed by atoms with Crippen LogP contribution in [0.1, 0.15) is 51.0 Å². The Morgan fingerprint density at radius 2 is 2.00 bits per heavy atom. The number of aromatic nitrogens is 2. The number of hydrogen-bond acceptors (Lipinski definition) is 4. The van der Waals surface area contributed by atoms with Crippen LogP contribution in [0.5, 0.6) is 0 Å². The Hall–Kier alpha value is -2.05. The number of carboxylic acids is 1. The first kappa shape index (κ1) is 15.0. The van der Waals surface area contributed by atoms with Gasteiger partial charge >= 0.3 is 12.1 Å². The molecule has 0 aliphatic rings.